The van der Waals surface area contributed by atoms with Crippen LogP contribution < -0.4 is 5.32 Å². The molecule has 0 saturated carbocycles. The zero-order chi connectivity index (χ0) is 15.6. The SMILES string of the molecule is CC(=O)c1ccc(NC(=O)c2n[nH]c([N+](=O)[O-])c2Br)cc1. The van der Waals surface area contributed by atoms with E-state index in [4.69, 9.17) is 0 Å². The monoisotopic (exact) mass is 352 g/mol. The molecule has 108 valence electrons. The molecule has 0 aliphatic rings. The van der Waals surface area contributed by atoms with Crippen molar-refractivity contribution in [2.75, 3.05) is 5.32 Å². The maximum atomic E-state index is 12.0. The van der Waals surface area contributed by atoms with Crippen molar-refractivity contribution in [3.63, 3.8) is 0 Å². The van der Waals surface area contributed by atoms with E-state index in [1.165, 1.54) is 6.92 Å². The van der Waals surface area contributed by atoms with Gasteiger partial charge in [-0.25, -0.2) is 0 Å². The van der Waals surface area contributed by atoms with Crippen molar-refractivity contribution in [2.24, 2.45) is 0 Å². The number of aromatic nitrogens is 2. The van der Waals surface area contributed by atoms with E-state index in [1.54, 1.807) is 24.3 Å². The van der Waals surface area contributed by atoms with Gasteiger partial charge in [0.15, 0.2) is 11.5 Å². The van der Waals surface area contributed by atoms with Gasteiger partial charge in [-0.2, -0.15) is 0 Å². The Bertz CT molecular complexity index is 723. The van der Waals surface area contributed by atoms with Crippen molar-refractivity contribution >= 4 is 39.1 Å². The molecule has 21 heavy (non-hydrogen) atoms. The molecule has 0 atom stereocenters. The van der Waals surface area contributed by atoms with Gasteiger partial charge in [0.1, 0.15) is 4.47 Å². The predicted molar refractivity (Wildman–Crippen MR) is 77.3 cm³/mol. The third-order valence-electron chi connectivity index (χ3n) is 2.64. The number of benzene rings is 1. The summed E-state index contributed by atoms with van der Waals surface area (Å²) in [6, 6.07) is 6.26. The Kier molecular flexibility index (Phi) is 4.13. The number of hydrogen-bond donors (Lipinski definition) is 2. The minimum Gasteiger partial charge on any atom is -0.358 e. The molecule has 2 N–H and O–H groups in total. The first-order chi connectivity index (χ1) is 9.90. The number of halogens is 1. The van der Waals surface area contributed by atoms with Crippen LogP contribution >= 0.6 is 15.9 Å². The average Bonchev–Trinajstić information content (AvgIpc) is 2.81. The average molecular weight is 353 g/mol. The third kappa shape index (κ3) is 3.14. The number of Topliss-reactive ketones (excluding diaryl/α,β-unsaturated/α-hetero) is 1. The van der Waals surface area contributed by atoms with Gasteiger partial charge in [0.2, 0.25) is 0 Å². The summed E-state index contributed by atoms with van der Waals surface area (Å²) in [7, 11) is 0. The minimum atomic E-state index is -0.685. The number of anilines is 1. The molecule has 1 heterocycles. The number of amides is 1. The van der Waals surface area contributed by atoms with Gasteiger partial charge in [0, 0.05) is 11.3 Å². The van der Waals surface area contributed by atoms with Crippen LogP contribution in [0.4, 0.5) is 11.5 Å². The smallest absolute Gasteiger partial charge is 0.357 e. The van der Waals surface area contributed by atoms with Gasteiger partial charge in [-0.3, -0.25) is 9.59 Å². The molecular formula is C12H9BrN4O4. The number of nitro groups is 1. The van der Waals surface area contributed by atoms with Gasteiger partial charge < -0.3 is 15.4 Å². The van der Waals surface area contributed by atoms with E-state index in [-0.39, 0.29) is 15.9 Å². The van der Waals surface area contributed by atoms with Gasteiger partial charge >= 0.3 is 5.82 Å². The number of carbonyl (C=O) groups excluding carboxylic acids is 2. The van der Waals surface area contributed by atoms with Crippen molar-refractivity contribution in [1.29, 1.82) is 0 Å². The van der Waals surface area contributed by atoms with Crippen LogP contribution in [0.3, 0.4) is 0 Å². The second kappa shape index (κ2) is 5.83. The quantitative estimate of drug-likeness (QED) is 0.497. The van der Waals surface area contributed by atoms with Crippen LogP contribution in [0.1, 0.15) is 27.8 Å². The molecule has 0 radical (unpaired) electrons. The molecule has 0 aliphatic heterocycles. The molecule has 2 aromatic rings. The molecule has 1 aromatic carbocycles. The Morgan fingerprint density at radius 2 is 1.95 bits per heavy atom. The lowest BCUT2D eigenvalue weighted by Crippen LogP contribution is -2.13. The number of hydrogen-bond acceptors (Lipinski definition) is 5. The normalized spacial score (nSPS) is 10.2. The van der Waals surface area contributed by atoms with Crippen LogP contribution in [0.25, 0.3) is 0 Å². The second-order valence-corrected chi connectivity index (χ2v) is 4.87. The summed E-state index contributed by atoms with van der Waals surface area (Å²) in [6.07, 6.45) is 0. The molecule has 1 amide bonds. The lowest BCUT2D eigenvalue weighted by molar-refractivity contribution is -0.390. The van der Waals surface area contributed by atoms with E-state index in [2.05, 4.69) is 31.4 Å². The van der Waals surface area contributed by atoms with Gasteiger partial charge in [-0.1, -0.05) is 5.10 Å². The number of carbonyl (C=O) groups is 2. The second-order valence-electron chi connectivity index (χ2n) is 4.08. The lowest BCUT2D eigenvalue weighted by Gasteiger charge is -2.03. The Labute approximate surface area is 126 Å². The minimum absolute atomic E-state index is 0.0228. The van der Waals surface area contributed by atoms with E-state index >= 15 is 0 Å². The molecule has 0 spiro atoms. The molecule has 0 unspecified atom stereocenters. The summed E-state index contributed by atoms with van der Waals surface area (Å²) < 4.78 is -0.0228. The highest BCUT2D eigenvalue weighted by Crippen LogP contribution is 2.26. The van der Waals surface area contributed by atoms with Gasteiger partial charge in [-0.15, -0.1) is 5.10 Å². The van der Waals surface area contributed by atoms with Gasteiger partial charge in [-0.05, 0) is 52.0 Å². The van der Waals surface area contributed by atoms with Crippen molar-refractivity contribution in [3.05, 3.63) is 50.1 Å². The van der Waals surface area contributed by atoms with Crippen LogP contribution in [0.5, 0.6) is 0 Å². The summed E-state index contributed by atoms with van der Waals surface area (Å²) in [5.41, 5.74) is 0.837. The van der Waals surface area contributed by atoms with E-state index in [0.29, 0.717) is 11.3 Å². The van der Waals surface area contributed by atoms with Gasteiger partial charge in [0.05, 0.1) is 0 Å². The summed E-state index contributed by atoms with van der Waals surface area (Å²) in [5.74, 6) is -1.09. The Morgan fingerprint density at radius 1 is 1.33 bits per heavy atom. The maximum absolute atomic E-state index is 12.0. The third-order valence-corrected chi connectivity index (χ3v) is 3.39. The lowest BCUT2D eigenvalue weighted by atomic mass is 10.1. The van der Waals surface area contributed by atoms with Crippen LogP contribution in [-0.4, -0.2) is 26.8 Å². The fourth-order valence-corrected chi connectivity index (χ4v) is 2.07. The maximum Gasteiger partial charge on any atom is 0.357 e. The molecule has 1 aromatic heterocycles. The van der Waals surface area contributed by atoms with Crippen LogP contribution in [0.15, 0.2) is 28.7 Å². The first kappa shape index (κ1) is 14.9. The number of ketones is 1. The van der Waals surface area contributed by atoms with Crippen LogP contribution in [0, 0.1) is 10.1 Å². The fraction of sp³-hybridized carbons (Fsp3) is 0.0833. The van der Waals surface area contributed by atoms with Crippen LogP contribution in [-0.2, 0) is 0 Å². The van der Waals surface area contributed by atoms with E-state index in [1.807, 2.05) is 0 Å². The van der Waals surface area contributed by atoms with E-state index in [0.717, 1.165) is 0 Å². The molecule has 0 bridgehead atoms. The summed E-state index contributed by atoms with van der Waals surface area (Å²) in [5, 5.41) is 19.0. The Morgan fingerprint density at radius 3 is 2.43 bits per heavy atom. The highest BCUT2D eigenvalue weighted by Gasteiger charge is 2.24. The Hall–Kier alpha value is -2.55. The molecule has 9 heteroatoms. The number of nitrogens with zero attached hydrogens (tertiary/aromatic N) is 2. The largest absolute Gasteiger partial charge is 0.358 e. The van der Waals surface area contributed by atoms with Crippen molar-refractivity contribution in [3.8, 4) is 0 Å². The summed E-state index contributed by atoms with van der Waals surface area (Å²) in [6.45, 7) is 1.44. The zero-order valence-corrected chi connectivity index (χ0v) is 12.3. The molecule has 0 saturated heterocycles. The first-order valence-corrected chi connectivity index (χ1v) is 6.50. The fourth-order valence-electron chi connectivity index (χ4n) is 1.57. The van der Waals surface area contributed by atoms with Crippen LogP contribution in [0.2, 0.25) is 0 Å². The topological polar surface area (TPSA) is 118 Å². The van der Waals surface area contributed by atoms with Crippen molar-refractivity contribution in [1.82, 2.24) is 10.2 Å². The number of aromatic amines is 1. The van der Waals surface area contributed by atoms with E-state index in [9.17, 15) is 19.7 Å². The highest BCUT2D eigenvalue weighted by atomic mass is 79.9. The zero-order valence-electron chi connectivity index (χ0n) is 10.7. The van der Waals surface area contributed by atoms with Crippen molar-refractivity contribution < 1.29 is 14.5 Å². The molecule has 2 rings (SSSR count). The van der Waals surface area contributed by atoms with E-state index < -0.39 is 16.6 Å². The highest BCUT2D eigenvalue weighted by molar-refractivity contribution is 9.10. The molecule has 0 fully saturated rings. The number of nitrogens with one attached hydrogen (secondary N) is 2. The molecule has 0 aliphatic carbocycles. The number of H-pyrrole nitrogens is 1. The standard InChI is InChI=1S/C12H9BrN4O4/c1-6(18)7-2-4-8(5-3-7)14-12(19)10-9(13)11(16-15-10)17(20)21/h2-5H,1H3,(H,14,19)(H,15,16). The Balaban J connectivity index is 2.18. The van der Waals surface area contributed by atoms with Gasteiger partial charge in [0.25, 0.3) is 5.91 Å². The van der Waals surface area contributed by atoms with Crippen molar-refractivity contribution in [2.45, 2.75) is 6.92 Å². The number of rotatable bonds is 4. The summed E-state index contributed by atoms with van der Waals surface area (Å²) >= 11 is 2.96. The molecule has 8 nitrogen and oxygen atoms in total. The summed E-state index contributed by atoms with van der Waals surface area (Å²) in [4.78, 5) is 33.1. The first-order valence-electron chi connectivity index (χ1n) is 5.70. The predicted octanol–water partition coefficient (Wildman–Crippen LogP) is 2.54. The molecular weight excluding hydrogens is 344 g/mol.